The molecular formula is C13H9ClFNO3. The predicted molar refractivity (Wildman–Crippen MR) is 69.3 cm³/mol. The molecule has 2 rings (SSSR count). The molecule has 0 unspecified atom stereocenters. The Kier molecular flexibility index (Phi) is 3.66. The maximum Gasteiger partial charge on any atom is 0.346 e. The molecule has 6 heteroatoms. The van der Waals surface area contributed by atoms with Crippen LogP contribution < -0.4 is 4.74 Å². The van der Waals surface area contributed by atoms with E-state index in [0.29, 0.717) is 16.3 Å². The normalized spacial score (nSPS) is 10.3. The Hall–Kier alpha value is -2.14. The fourth-order valence-corrected chi connectivity index (χ4v) is 1.83. The summed E-state index contributed by atoms with van der Waals surface area (Å²) in [7, 11) is 0. The average molecular weight is 282 g/mol. The molecule has 0 aromatic heterocycles. The van der Waals surface area contributed by atoms with Crippen LogP contribution in [0.15, 0.2) is 36.4 Å². The van der Waals surface area contributed by atoms with Crippen molar-refractivity contribution in [3.63, 3.8) is 0 Å². The molecule has 0 N–H and O–H groups in total. The Morgan fingerprint density at radius 3 is 2.63 bits per heavy atom. The summed E-state index contributed by atoms with van der Waals surface area (Å²) in [6.07, 6.45) is 0. The largest absolute Gasteiger partial charge is 0.450 e. The molecule has 98 valence electrons. The molecule has 0 aliphatic rings. The first-order valence-corrected chi connectivity index (χ1v) is 5.73. The third kappa shape index (κ3) is 2.82. The van der Waals surface area contributed by atoms with Gasteiger partial charge in [-0.25, -0.2) is 0 Å². The summed E-state index contributed by atoms with van der Waals surface area (Å²) in [4.78, 5) is 10.0. The summed E-state index contributed by atoms with van der Waals surface area (Å²) in [5, 5.41) is 11.4. The molecule has 0 aliphatic heterocycles. The Labute approximate surface area is 113 Å². The molecule has 0 spiro atoms. The van der Waals surface area contributed by atoms with E-state index < -0.39 is 16.4 Å². The zero-order valence-electron chi connectivity index (χ0n) is 9.89. The maximum atomic E-state index is 13.4. The van der Waals surface area contributed by atoms with Gasteiger partial charge in [-0.3, -0.25) is 10.1 Å². The molecule has 0 heterocycles. The quantitative estimate of drug-likeness (QED) is 0.615. The maximum absolute atomic E-state index is 13.4. The van der Waals surface area contributed by atoms with Crippen molar-refractivity contribution in [1.29, 1.82) is 0 Å². The molecule has 0 atom stereocenters. The van der Waals surface area contributed by atoms with E-state index in [0.717, 1.165) is 6.07 Å². The van der Waals surface area contributed by atoms with Gasteiger partial charge in [-0.05, 0) is 42.8 Å². The fraction of sp³-hybridized carbons (Fsp3) is 0.0769. The van der Waals surface area contributed by atoms with E-state index in [4.69, 9.17) is 16.3 Å². The van der Waals surface area contributed by atoms with Crippen LogP contribution in [0.5, 0.6) is 11.5 Å². The second-order valence-electron chi connectivity index (χ2n) is 3.86. The number of nitrogens with zero attached hydrogens (tertiary/aromatic N) is 1. The van der Waals surface area contributed by atoms with Gasteiger partial charge in [0, 0.05) is 5.02 Å². The van der Waals surface area contributed by atoms with Crippen LogP contribution in [-0.2, 0) is 0 Å². The van der Waals surface area contributed by atoms with Crippen LogP contribution in [-0.4, -0.2) is 4.92 Å². The van der Waals surface area contributed by atoms with Gasteiger partial charge in [0.2, 0.25) is 11.6 Å². The van der Waals surface area contributed by atoms with E-state index in [-0.39, 0.29) is 5.75 Å². The van der Waals surface area contributed by atoms with Crippen molar-refractivity contribution in [2.45, 2.75) is 6.92 Å². The zero-order chi connectivity index (χ0) is 14.0. The lowest BCUT2D eigenvalue weighted by Crippen LogP contribution is -1.97. The fourth-order valence-electron chi connectivity index (χ4n) is 1.60. The summed E-state index contributed by atoms with van der Waals surface area (Å²) >= 11 is 5.80. The number of para-hydroxylation sites is 1. The zero-order valence-corrected chi connectivity index (χ0v) is 10.6. The Morgan fingerprint density at radius 2 is 2.00 bits per heavy atom. The smallest absolute Gasteiger partial charge is 0.346 e. The monoisotopic (exact) mass is 281 g/mol. The van der Waals surface area contributed by atoms with Crippen LogP contribution in [0, 0.1) is 22.9 Å². The number of halogens is 2. The van der Waals surface area contributed by atoms with Crippen LogP contribution in [0.2, 0.25) is 5.02 Å². The predicted octanol–water partition coefficient (Wildman–Crippen LogP) is 4.49. The average Bonchev–Trinajstić information content (AvgIpc) is 2.32. The summed E-state index contributed by atoms with van der Waals surface area (Å²) < 4.78 is 18.8. The topological polar surface area (TPSA) is 52.4 Å². The molecule has 4 nitrogen and oxygen atoms in total. The minimum absolute atomic E-state index is 0.143. The highest BCUT2D eigenvalue weighted by molar-refractivity contribution is 6.30. The molecule has 0 saturated heterocycles. The van der Waals surface area contributed by atoms with Crippen molar-refractivity contribution in [2.24, 2.45) is 0 Å². The summed E-state index contributed by atoms with van der Waals surface area (Å²) in [5.41, 5.74) is 0.0166. The van der Waals surface area contributed by atoms with E-state index in [2.05, 4.69) is 0 Å². The van der Waals surface area contributed by atoms with E-state index in [1.54, 1.807) is 25.1 Å². The minimum atomic E-state index is -0.936. The van der Waals surface area contributed by atoms with Gasteiger partial charge in [0.1, 0.15) is 5.75 Å². The van der Waals surface area contributed by atoms with Crippen LogP contribution in [0.25, 0.3) is 0 Å². The number of ether oxygens (including phenoxy) is 1. The Morgan fingerprint density at radius 1 is 1.26 bits per heavy atom. The SMILES string of the molecule is Cc1cc(Cl)ccc1Oc1cccc(F)c1[N+](=O)[O-]. The third-order valence-electron chi connectivity index (χ3n) is 2.49. The number of benzene rings is 2. The second-order valence-corrected chi connectivity index (χ2v) is 4.29. The first-order valence-electron chi connectivity index (χ1n) is 5.36. The Balaban J connectivity index is 2.44. The lowest BCUT2D eigenvalue weighted by molar-refractivity contribution is -0.388. The molecule has 0 aliphatic carbocycles. The van der Waals surface area contributed by atoms with Gasteiger partial charge in [0.15, 0.2) is 0 Å². The van der Waals surface area contributed by atoms with Gasteiger partial charge in [-0.1, -0.05) is 17.7 Å². The van der Waals surface area contributed by atoms with Gasteiger partial charge in [0.05, 0.1) is 4.92 Å². The standard InChI is InChI=1S/C13H9ClFNO3/c1-8-7-9(14)5-6-11(8)19-12-4-2-3-10(15)13(12)16(17)18/h2-7H,1H3. The van der Waals surface area contributed by atoms with Crippen molar-refractivity contribution in [2.75, 3.05) is 0 Å². The first kappa shape index (κ1) is 13.3. The minimum Gasteiger partial charge on any atom is -0.450 e. The van der Waals surface area contributed by atoms with Gasteiger partial charge in [-0.15, -0.1) is 0 Å². The lowest BCUT2D eigenvalue weighted by atomic mass is 10.2. The lowest BCUT2D eigenvalue weighted by Gasteiger charge is -2.09. The van der Waals surface area contributed by atoms with Crippen molar-refractivity contribution in [1.82, 2.24) is 0 Å². The Bertz CT molecular complexity index is 646. The van der Waals surface area contributed by atoms with Gasteiger partial charge < -0.3 is 4.74 Å². The molecule has 2 aromatic rings. The summed E-state index contributed by atoms with van der Waals surface area (Å²) in [6.45, 7) is 1.74. The van der Waals surface area contributed by atoms with Crippen LogP contribution >= 0.6 is 11.6 Å². The number of hydrogen-bond acceptors (Lipinski definition) is 3. The molecular weight excluding hydrogens is 273 g/mol. The molecule has 0 fully saturated rings. The number of rotatable bonds is 3. The van der Waals surface area contributed by atoms with Crippen LogP contribution in [0.3, 0.4) is 0 Å². The number of nitro groups is 1. The van der Waals surface area contributed by atoms with Crippen LogP contribution in [0.4, 0.5) is 10.1 Å². The van der Waals surface area contributed by atoms with Gasteiger partial charge >= 0.3 is 5.69 Å². The van der Waals surface area contributed by atoms with Crippen molar-refractivity contribution >= 4 is 17.3 Å². The highest BCUT2D eigenvalue weighted by Gasteiger charge is 2.22. The van der Waals surface area contributed by atoms with Gasteiger partial charge in [0.25, 0.3) is 0 Å². The molecule has 0 radical (unpaired) electrons. The van der Waals surface area contributed by atoms with E-state index in [1.165, 1.54) is 12.1 Å². The van der Waals surface area contributed by atoms with Crippen molar-refractivity contribution < 1.29 is 14.1 Å². The molecule has 19 heavy (non-hydrogen) atoms. The summed E-state index contributed by atoms with van der Waals surface area (Å²) in [6, 6.07) is 8.53. The molecule has 2 aromatic carbocycles. The van der Waals surface area contributed by atoms with E-state index in [9.17, 15) is 14.5 Å². The molecule has 0 amide bonds. The molecule has 0 saturated carbocycles. The third-order valence-corrected chi connectivity index (χ3v) is 2.72. The highest BCUT2D eigenvalue weighted by Crippen LogP contribution is 2.35. The number of aryl methyl sites for hydroxylation is 1. The molecule has 0 bridgehead atoms. The van der Waals surface area contributed by atoms with Crippen LogP contribution in [0.1, 0.15) is 5.56 Å². The van der Waals surface area contributed by atoms with Gasteiger partial charge in [-0.2, -0.15) is 4.39 Å². The number of hydrogen-bond donors (Lipinski definition) is 0. The van der Waals surface area contributed by atoms with Crippen molar-refractivity contribution in [3.05, 3.63) is 62.9 Å². The summed E-state index contributed by atoms with van der Waals surface area (Å²) in [5.74, 6) is -0.692. The number of nitro benzene ring substituents is 1. The van der Waals surface area contributed by atoms with Crippen molar-refractivity contribution in [3.8, 4) is 11.5 Å². The first-order chi connectivity index (χ1) is 8.99. The van der Waals surface area contributed by atoms with E-state index >= 15 is 0 Å². The highest BCUT2D eigenvalue weighted by atomic mass is 35.5. The second kappa shape index (κ2) is 5.24. The van der Waals surface area contributed by atoms with E-state index in [1.807, 2.05) is 0 Å².